The summed E-state index contributed by atoms with van der Waals surface area (Å²) < 4.78 is 0. The smallest absolute Gasteiger partial charge is 0.116 e. The maximum Gasteiger partial charge on any atom is 0.116 e. The lowest BCUT2D eigenvalue weighted by Crippen LogP contribution is -3.00. The molecular weight excluding hydrogens is 443 g/mol. The van der Waals surface area contributed by atoms with Crippen LogP contribution in [0.1, 0.15) is 15.3 Å². The Bertz CT molecular complexity index is 914. The monoisotopic (exact) mass is 466 g/mol. The van der Waals surface area contributed by atoms with E-state index in [1.165, 1.54) is 31.2 Å². The molecule has 3 heteroatoms. The molecule has 0 amide bonds. The average Bonchev–Trinajstić information content (AvgIpc) is 3.04. The Morgan fingerprint density at radius 1 is 0.643 bits per heavy atom. The van der Waals surface area contributed by atoms with Crippen LogP contribution in [0.15, 0.2) is 97.1 Å². The zero-order chi connectivity index (χ0) is 18.7. The lowest BCUT2D eigenvalue weighted by Gasteiger charge is -2.27. The van der Waals surface area contributed by atoms with E-state index in [2.05, 4.69) is 111 Å². The molecule has 0 unspecified atom stereocenters. The van der Waals surface area contributed by atoms with Gasteiger partial charge in [0.15, 0.2) is 0 Å². The first kappa shape index (κ1) is 21.0. The fraction of sp³-hybridized carbons (Fsp3) is 0.120. The minimum atomic E-state index is -1.78. The highest BCUT2D eigenvalue weighted by Crippen LogP contribution is 2.58. The summed E-state index contributed by atoms with van der Waals surface area (Å²) in [7, 11) is -1.78. The fourth-order valence-electron chi connectivity index (χ4n) is 3.86. The van der Waals surface area contributed by atoms with Gasteiger partial charge in [-0.05, 0) is 56.3 Å². The second-order valence-corrected chi connectivity index (χ2v) is 11.9. The van der Waals surface area contributed by atoms with Gasteiger partial charge in [0.2, 0.25) is 0 Å². The number of benzene rings is 3. The Morgan fingerprint density at radius 3 is 1.36 bits per heavy atom. The molecule has 0 spiro atoms. The van der Waals surface area contributed by atoms with Crippen molar-refractivity contribution < 1.29 is 17.0 Å². The van der Waals surface area contributed by atoms with Gasteiger partial charge in [-0.15, -0.1) is 11.3 Å². The molecule has 0 fully saturated rings. The van der Waals surface area contributed by atoms with Crippen LogP contribution in [0.2, 0.25) is 0 Å². The lowest BCUT2D eigenvalue weighted by atomic mass is 10.3. The van der Waals surface area contributed by atoms with E-state index in [0.717, 1.165) is 6.16 Å². The molecule has 0 aliphatic carbocycles. The first-order valence-electron chi connectivity index (χ1n) is 9.31. The minimum absolute atomic E-state index is 0. The molecule has 1 aromatic heterocycles. The Hall–Kier alpha value is -1.73. The minimum Gasteiger partial charge on any atom is -1.00 e. The Morgan fingerprint density at radius 2 is 1.04 bits per heavy atom. The quantitative estimate of drug-likeness (QED) is 0.396. The summed E-state index contributed by atoms with van der Waals surface area (Å²) >= 11 is 1.91. The van der Waals surface area contributed by atoms with Crippen LogP contribution in [0.4, 0.5) is 0 Å². The molecule has 0 aliphatic heterocycles. The van der Waals surface area contributed by atoms with Crippen molar-refractivity contribution in [3.63, 3.8) is 0 Å². The molecule has 28 heavy (non-hydrogen) atoms. The third kappa shape index (κ3) is 4.01. The second kappa shape index (κ2) is 9.18. The maximum atomic E-state index is 2.39. The Kier molecular flexibility index (Phi) is 6.88. The molecule has 0 N–H and O–H groups in total. The summed E-state index contributed by atoms with van der Waals surface area (Å²) in [4.78, 5) is 2.84. The second-order valence-electron chi connectivity index (χ2n) is 6.91. The van der Waals surface area contributed by atoms with Crippen molar-refractivity contribution in [1.29, 1.82) is 0 Å². The molecule has 0 radical (unpaired) electrons. The molecule has 4 rings (SSSR count). The molecular formula is C25H24BrPS. The van der Waals surface area contributed by atoms with E-state index in [0.29, 0.717) is 0 Å². The first-order valence-corrected chi connectivity index (χ1v) is 12.1. The molecule has 0 atom stereocenters. The summed E-state index contributed by atoms with van der Waals surface area (Å²) in [5.41, 5.74) is 1.49. The van der Waals surface area contributed by atoms with E-state index in [1.54, 1.807) is 0 Å². The van der Waals surface area contributed by atoms with Gasteiger partial charge < -0.3 is 17.0 Å². The molecule has 0 nitrogen and oxygen atoms in total. The van der Waals surface area contributed by atoms with Crippen molar-refractivity contribution in [2.45, 2.75) is 20.0 Å². The number of halogens is 1. The van der Waals surface area contributed by atoms with Crippen LogP contribution in [0, 0.1) is 13.8 Å². The number of hydrogen-bond acceptors (Lipinski definition) is 1. The zero-order valence-electron chi connectivity index (χ0n) is 16.2. The predicted molar refractivity (Wildman–Crippen MR) is 123 cm³/mol. The molecule has 0 aliphatic rings. The number of thiophene rings is 1. The third-order valence-corrected chi connectivity index (χ3v) is 10.5. The molecule has 3 aromatic carbocycles. The van der Waals surface area contributed by atoms with Crippen molar-refractivity contribution in [1.82, 2.24) is 0 Å². The third-order valence-electron chi connectivity index (χ3n) is 5.14. The SMILES string of the molecule is Cc1cc(C[P+](c2ccccc2)(c2ccccc2)c2ccccc2)c(C)s1.[Br-]. The van der Waals surface area contributed by atoms with Gasteiger partial charge in [0.1, 0.15) is 23.2 Å². The standard InChI is InChI=1S/C25H24PS.BrH/c1-20-18-22(21(2)27-20)19-26(23-12-6-3-7-13-23,24-14-8-4-9-15-24)25-16-10-5-11-17-25;/h3-18H,19H2,1-2H3;1H/q+1;/p-1. The van der Waals surface area contributed by atoms with Gasteiger partial charge in [0, 0.05) is 15.3 Å². The number of aryl methyl sites for hydroxylation is 2. The van der Waals surface area contributed by atoms with Crippen molar-refractivity contribution in [3.05, 3.63) is 112 Å². The van der Waals surface area contributed by atoms with Gasteiger partial charge in [-0.3, -0.25) is 0 Å². The summed E-state index contributed by atoms with van der Waals surface area (Å²) in [6, 6.07) is 35.8. The Balaban J connectivity index is 0.00000225. The van der Waals surface area contributed by atoms with Crippen LogP contribution in [0.3, 0.4) is 0 Å². The Labute approximate surface area is 183 Å². The highest BCUT2D eigenvalue weighted by molar-refractivity contribution is 7.95. The molecule has 0 bridgehead atoms. The molecule has 4 aromatic rings. The molecule has 0 saturated heterocycles. The van der Waals surface area contributed by atoms with Gasteiger partial charge in [-0.1, -0.05) is 54.6 Å². The molecule has 142 valence electrons. The number of rotatable bonds is 5. The average molecular weight is 467 g/mol. The van der Waals surface area contributed by atoms with Crippen molar-refractivity contribution in [2.75, 3.05) is 0 Å². The van der Waals surface area contributed by atoms with E-state index in [9.17, 15) is 0 Å². The maximum absolute atomic E-state index is 2.39. The van der Waals surface area contributed by atoms with E-state index < -0.39 is 7.26 Å². The lowest BCUT2D eigenvalue weighted by molar-refractivity contribution is -0.00000530. The van der Waals surface area contributed by atoms with Crippen LogP contribution in [0.25, 0.3) is 0 Å². The van der Waals surface area contributed by atoms with Crippen LogP contribution < -0.4 is 32.9 Å². The van der Waals surface area contributed by atoms with Crippen molar-refractivity contribution >= 4 is 34.5 Å². The van der Waals surface area contributed by atoms with Crippen LogP contribution in [-0.4, -0.2) is 0 Å². The highest BCUT2D eigenvalue weighted by atomic mass is 79.9. The summed E-state index contributed by atoms with van der Waals surface area (Å²) in [5.74, 6) is 0. The molecule has 1 heterocycles. The normalized spacial score (nSPS) is 11.1. The zero-order valence-corrected chi connectivity index (χ0v) is 19.5. The van der Waals surface area contributed by atoms with Crippen molar-refractivity contribution in [2.24, 2.45) is 0 Å². The largest absolute Gasteiger partial charge is 1.00 e. The highest BCUT2D eigenvalue weighted by Gasteiger charge is 2.45. The van der Waals surface area contributed by atoms with E-state index in [1.807, 2.05) is 11.3 Å². The fourth-order valence-corrected chi connectivity index (χ4v) is 9.24. The topological polar surface area (TPSA) is 0 Å². The molecule has 0 saturated carbocycles. The van der Waals surface area contributed by atoms with Crippen LogP contribution in [-0.2, 0) is 6.16 Å². The summed E-state index contributed by atoms with van der Waals surface area (Å²) in [6.45, 7) is 4.48. The van der Waals surface area contributed by atoms with Crippen molar-refractivity contribution in [3.8, 4) is 0 Å². The summed E-state index contributed by atoms with van der Waals surface area (Å²) in [6.07, 6.45) is 1.07. The van der Waals surface area contributed by atoms with Gasteiger partial charge in [0.25, 0.3) is 0 Å². The van der Waals surface area contributed by atoms with E-state index in [4.69, 9.17) is 0 Å². The van der Waals surface area contributed by atoms with Crippen LogP contribution in [0.5, 0.6) is 0 Å². The van der Waals surface area contributed by atoms with Gasteiger partial charge in [-0.25, -0.2) is 0 Å². The van der Waals surface area contributed by atoms with E-state index >= 15 is 0 Å². The van der Waals surface area contributed by atoms with Gasteiger partial charge >= 0.3 is 0 Å². The number of hydrogen-bond donors (Lipinski definition) is 0. The van der Waals surface area contributed by atoms with Gasteiger partial charge in [0.05, 0.1) is 6.16 Å². The first-order chi connectivity index (χ1) is 13.2. The van der Waals surface area contributed by atoms with Gasteiger partial charge in [-0.2, -0.15) is 0 Å². The summed E-state index contributed by atoms with van der Waals surface area (Å²) in [5, 5.41) is 4.35. The predicted octanol–water partition coefficient (Wildman–Crippen LogP) is 2.86. The van der Waals surface area contributed by atoms with E-state index in [-0.39, 0.29) is 17.0 Å². The van der Waals surface area contributed by atoms with Crippen LogP contribution >= 0.6 is 18.6 Å².